The fourth-order valence-corrected chi connectivity index (χ4v) is 2.99. The Morgan fingerprint density at radius 1 is 1.04 bits per heavy atom. The number of nitrogens with zero attached hydrogens (tertiary/aromatic N) is 2. The van der Waals surface area contributed by atoms with Gasteiger partial charge in [-0.2, -0.15) is 0 Å². The second-order valence-electron chi connectivity index (χ2n) is 6.06. The Balaban J connectivity index is 1.53. The minimum Gasteiger partial charge on any atom is -0.497 e. The highest BCUT2D eigenvalue weighted by Gasteiger charge is 2.21. The Hall–Kier alpha value is -2.89. The molecule has 3 rings (SSSR count). The van der Waals surface area contributed by atoms with Crippen LogP contribution in [0.1, 0.15) is 6.92 Å². The van der Waals surface area contributed by atoms with Crippen LogP contribution in [0.3, 0.4) is 0 Å². The Morgan fingerprint density at radius 2 is 1.77 bits per heavy atom. The Labute approximate surface area is 154 Å². The number of methoxy groups -OCH3 is 1. The second kappa shape index (κ2) is 8.47. The Morgan fingerprint density at radius 3 is 2.42 bits per heavy atom. The zero-order valence-corrected chi connectivity index (χ0v) is 15.3. The summed E-state index contributed by atoms with van der Waals surface area (Å²) in [7, 11) is 1.61. The van der Waals surface area contributed by atoms with Gasteiger partial charge in [-0.1, -0.05) is 6.07 Å². The number of benzene rings is 2. The lowest BCUT2D eigenvalue weighted by molar-refractivity contribution is 0.208. The van der Waals surface area contributed by atoms with E-state index in [1.807, 2.05) is 48.2 Å². The first-order chi connectivity index (χ1) is 12.7. The highest BCUT2D eigenvalue weighted by molar-refractivity contribution is 5.89. The van der Waals surface area contributed by atoms with E-state index in [9.17, 15) is 4.79 Å². The first-order valence-electron chi connectivity index (χ1n) is 8.87. The number of rotatable bonds is 5. The fourth-order valence-electron chi connectivity index (χ4n) is 2.99. The molecule has 2 aromatic rings. The van der Waals surface area contributed by atoms with E-state index in [-0.39, 0.29) is 6.03 Å². The lowest BCUT2D eigenvalue weighted by Gasteiger charge is -2.36. The van der Waals surface area contributed by atoms with Crippen molar-refractivity contribution in [2.75, 3.05) is 50.1 Å². The van der Waals surface area contributed by atoms with Gasteiger partial charge in [0.05, 0.1) is 13.7 Å². The topological polar surface area (TPSA) is 54.0 Å². The van der Waals surface area contributed by atoms with Crippen LogP contribution in [0.5, 0.6) is 11.5 Å². The van der Waals surface area contributed by atoms with Crippen molar-refractivity contribution in [3.63, 3.8) is 0 Å². The molecular weight excluding hydrogens is 330 g/mol. The number of nitrogens with one attached hydrogen (secondary N) is 1. The minimum atomic E-state index is -0.0791. The molecule has 0 bridgehead atoms. The van der Waals surface area contributed by atoms with Gasteiger partial charge < -0.3 is 24.6 Å². The predicted octanol–water partition coefficient (Wildman–Crippen LogP) is 3.45. The molecule has 138 valence electrons. The van der Waals surface area contributed by atoms with Crippen molar-refractivity contribution in [1.82, 2.24) is 4.90 Å². The average molecular weight is 355 g/mol. The van der Waals surface area contributed by atoms with Crippen molar-refractivity contribution in [3.05, 3.63) is 48.5 Å². The van der Waals surface area contributed by atoms with Crippen LogP contribution < -0.4 is 19.7 Å². The number of carbonyl (C=O) groups excluding carboxylic acids is 1. The van der Waals surface area contributed by atoms with E-state index in [2.05, 4.69) is 22.3 Å². The molecule has 0 aliphatic carbocycles. The van der Waals surface area contributed by atoms with Gasteiger partial charge in [-0.3, -0.25) is 0 Å². The zero-order chi connectivity index (χ0) is 18.4. The summed E-state index contributed by atoms with van der Waals surface area (Å²) in [6.07, 6.45) is 0. The van der Waals surface area contributed by atoms with E-state index >= 15 is 0 Å². The number of urea groups is 1. The summed E-state index contributed by atoms with van der Waals surface area (Å²) in [5, 5.41) is 2.93. The molecule has 1 heterocycles. The number of anilines is 2. The number of piperazine rings is 1. The monoisotopic (exact) mass is 355 g/mol. The van der Waals surface area contributed by atoms with Crippen LogP contribution in [0.2, 0.25) is 0 Å². The maximum atomic E-state index is 12.5. The highest BCUT2D eigenvalue weighted by atomic mass is 16.5. The van der Waals surface area contributed by atoms with Gasteiger partial charge in [0.25, 0.3) is 0 Å². The quantitative estimate of drug-likeness (QED) is 0.893. The molecule has 1 fully saturated rings. The third-order valence-electron chi connectivity index (χ3n) is 4.40. The van der Waals surface area contributed by atoms with Crippen LogP contribution in [0, 0.1) is 0 Å². The van der Waals surface area contributed by atoms with Gasteiger partial charge in [0.15, 0.2) is 0 Å². The standard InChI is InChI=1S/C20H25N3O3/c1-3-26-18-9-7-17(8-10-18)22-11-13-23(14-12-22)20(24)21-16-5-4-6-19(15-16)25-2/h4-10,15H,3,11-14H2,1-2H3,(H,21,24). The molecular formula is C20H25N3O3. The van der Waals surface area contributed by atoms with Crippen LogP contribution in [0.15, 0.2) is 48.5 Å². The normalized spacial score (nSPS) is 14.1. The number of amides is 2. The first-order valence-corrected chi connectivity index (χ1v) is 8.87. The molecule has 1 aliphatic heterocycles. The molecule has 6 heteroatoms. The lowest BCUT2D eigenvalue weighted by atomic mass is 10.2. The summed E-state index contributed by atoms with van der Waals surface area (Å²) in [5.74, 6) is 1.61. The number of hydrogen-bond acceptors (Lipinski definition) is 4. The molecule has 0 saturated carbocycles. The molecule has 1 saturated heterocycles. The molecule has 0 unspecified atom stereocenters. The summed E-state index contributed by atoms with van der Waals surface area (Å²) >= 11 is 0. The smallest absolute Gasteiger partial charge is 0.321 e. The maximum absolute atomic E-state index is 12.5. The summed E-state index contributed by atoms with van der Waals surface area (Å²) < 4.78 is 10.7. The molecule has 0 atom stereocenters. The van der Waals surface area contributed by atoms with E-state index < -0.39 is 0 Å². The van der Waals surface area contributed by atoms with Crippen LogP contribution in [-0.2, 0) is 0 Å². The SMILES string of the molecule is CCOc1ccc(N2CCN(C(=O)Nc3cccc(OC)c3)CC2)cc1. The number of ether oxygens (including phenoxy) is 2. The van der Waals surface area contributed by atoms with Gasteiger partial charge in [0, 0.05) is 43.6 Å². The first kappa shape index (κ1) is 17.9. The Bertz CT molecular complexity index is 725. The van der Waals surface area contributed by atoms with E-state index in [1.54, 1.807) is 7.11 Å². The van der Waals surface area contributed by atoms with Crippen molar-refractivity contribution >= 4 is 17.4 Å². The van der Waals surface area contributed by atoms with Crippen LogP contribution in [0.4, 0.5) is 16.2 Å². The van der Waals surface area contributed by atoms with Gasteiger partial charge >= 0.3 is 6.03 Å². The molecule has 2 aromatic carbocycles. The van der Waals surface area contributed by atoms with Gasteiger partial charge in [-0.15, -0.1) is 0 Å². The maximum Gasteiger partial charge on any atom is 0.321 e. The van der Waals surface area contributed by atoms with Gasteiger partial charge in [0.1, 0.15) is 11.5 Å². The lowest BCUT2D eigenvalue weighted by Crippen LogP contribution is -2.50. The molecule has 1 aliphatic rings. The molecule has 26 heavy (non-hydrogen) atoms. The molecule has 0 spiro atoms. The minimum absolute atomic E-state index is 0.0791. The molecule has 1 N–H and O–H groups in total. The largest absolute Gasteiger partial charge is 0.497 e. The van der Waals surface area contributed by atoms with Crippen molar-refractivity contribution < 1.29 is 14.3 Å². The second-order valence-corrected chi connectivity index (χ2v) is 6.06. The zero-order valence-electron chi connectivity index (χ0n) is 15.3. The van der Waals surface area contributed by atoms with Crippen molar-refractivity contribution in [2.24, 2.45) is 0 Å². The van der Waals surface area contributed by atoms with E-state index in [0.717, 1.165) is 36.0 Å². The van der Waals surface area contributed by atoms with Crippen LogP contribution in [0.25, 0.3) is 0 Å². The summed E-state index contributed by atoms with van der Waals surface area (Å²) in [4.78, 5) is 16.6. The third kappa shape index (κ3) is 4.39. The highest BCUT2D eigenvalue weighted by Crippen LogP contribution is 2.21. The van der Waals surface area contributed by atoms with E-state index in [4.69, 9.17) is 9.47 Å². The number of carbonyl (C=O) groups is 1. The molecule has 0 aromatic heterocycles. The molecule has 0 radical (unpaired) electrons. The van der Waals surface area contributed by atoms with Crippen LogP contribution in [-0.4, -0.2) is 50.8 Å². The van der Waals surface area contributed by atoms with Crippen LogP contribution >= 0.6 is 0 Å². The van der Waals surface area contributed by atoms with Gasteiger partial charge in [-0.05, 0) is 43.3 Å². The predicted molar refractivity (Wildman–Crippen MR) is 103 cm³/mol. The molecule has 6 nitrogen and oxygen atoms in total. The molecule has 2 amide bonds. The van der Waals surface area contributed by atoms with Gasteiger partial charge in [-0.25, -0.2) is 4.79 Å². The van der Waals surface area contributed by atoms with Crippen molar-refractivity contribution in [1.29, 1.82) is 0 Å². The fraction of sp³-hybridized carbons (Fsp3) is 0.350. The summed E-state index contributed by atoms with van der Waals surface area (Å²) in [6, 6.07) is 15.4. The third-order valence-corrected chi connectivity index (χ3v) is 4.40. The van der Waals surface area contributed by atoms with E-state index in [0.29, 0.717) is 19.7 Å². The average Bonchev–Trinajstić information content (AvgIpc) is 2.69. The van der Waals surface area contributed by atoms with E-state index in [1.165, 1.54) is 0 Å². The summed E-state index contributed by atoms with van der Waals surface area (Å²) in [6.45, 7) is 5.62. The van der Waals surface area contributed by atoms with Crippen molar-refractivity contribution in [3.8, 4) is 11.5 Å². The summed E-state index contributed by atoms with van der Waals surface area (Å²) in [5.41, 5.74) is 1.89. The van der Waals surface area contributed by atoms with Crippen molar-refractivity contribution in [2.45, 2.75) is 6.92 Å². The number of hydrogen-bond donors (Lipinski definition) is 1. The Kier molecular flexibility index (Phi) is 5.84. The van der Waals surface area contributed by atoms with Gasteiger partial charge in [0.2, 0.25) is 0 Å².